The van der Waals surface area contributed by atoms with Gasteiger partial charge in [0.2, 0.25) is 5.91 Å². The summed E-state index contributed by atoms with van der Waals surface area (Å²) in [5, 5.41) is 4.32. The number of carbonyl (C=O) groups excluding carboxylic acids is 3. The van der Waals surface area contributed by atoms with Gasteiger partial charge < -0.3 is 5.32 Å². The number of hydrogen-bond acceptors (Lipinski definition) is 5. The number of imide groups is 1. The Labute approximate surface area is 131 Å². The number of thiophene rings is 1. The second-order valence-electron chi connectivity index (χ2n) is 4.79. The number of hydrogen-bond donors (Lipinski definition) is 1. The van der Waals surface area contributed by atoms with Crippen molar-refractivity contribution in [2.45, 2.75) is 13.8 Å². The highest BCUT2D eigenvalue weighted by atomic mass is 32.2. The van der Waals surface area contributed by atoms with Crippen LogP contribution < -0.4 is 5.32 Å². The molecule has 2 rings (SSSR count). The third-order valence-corrected chi connectivity index (χ3v) is 4.58. The van der Waals surface area contributed by atoms with Crippen molar-refractivity contribution in [3.63, 3.8) is 0 Å². The average Bonchev–Trinajstić information content (AvgIpc) is 3.02. The molecule has 3 amide bonds. The first-order valence-corrected chi connectivity index (χ1v) is 8.25. The maximum absolute atomic E-state index is 12.2. The molecule has 0 saturated carbocycles. The average molecular weight is 324 g/mol. The zero-order chi connectivity index (χ0) is 15.4. The van der Waals surface area contributed by atoms with Crippen LogP contribution in [-0.4, -0.2) is 35.0 Å². The maximum Gasteiger partial charge on any atom is 0.293 e. The minimum atomic E-state index is -0.294. The highest BCUT2D eigenvalue weighted by Gasteiger charge is 2.34. The van der Waals surface area contributed by atoms with Crippen LogP contribution in [0.4, 0.5) is 4.79 Å². The van der Waals surface area contributed by atoms with Crippen molar-refractivity contribution in [3.05, 3.63) is 27.3 Å². The summed E-state index contributed by atoms with van der Waals surface area (Å²) >= 11 is 2.45. The molecule has 21 heavy (non-hydrogen) atoms. The molecule has 0 aliphatic carbocycles. The third-order valence-electron chi connectivity index (χ3n) is 2.85. The zero-order valence-corrected chi connectivity index (χ0v) is 13.4. The van der Waals surface area contributed by atoms with E-state index in [0.29, 0.717) is 4.91 Å². The molecule has 0 spiro atoms. The quantitative estimate of drug-likeness (QED) is 0.845. The van der Waals surface area contributed by atoms with Crippen molar-refractivity contribution in [2.75, 3.05) is 13.1 Å². The van der Waals surface area contributed by atoms with Gasteiger partial charge in [-0.1, -0.05) is 19.9 Å². The van der Waals surface area contributed by atoms with Crippen LogP contribution in [0.3, 0.4) is 0 Å². The fourth-order valence-corrected chi connectivity index (χ4v) is 3.28. The second-order valence-corrected chi connectivity index (χ2v) is 6.77. The van der Waals surface area contributed by atoms with Crippen molar-refractivity contribution < 1.29 is 14.4 Å². The van der Waals surface area contributed by atoms with E-state index in [-0.39, 0.29) is 36.1 Å². The van der Waals surface area contributed by atoms with E-state index in [1.807, 2.05) is 17.5 Å². The standard InChI is InChI=1S/C14H16N2O3S2/c1-9(2)12(17)15-5-6-16-13(18)11(21-14(16)19)8-10-4-3-7-20-10/h3-4,7-9H,5-6H2,1-2H3,(H,15,17). The van der Waals surface area contributed by atoms with Crippen LogP contribution in [0.15, 0.2) is 22.4 Å². The molecule has 0 aromatic carbocycles. The Hall–Kier alpha value is -1.60. The fraction of sp³-hybridized carbons (Fsp3) is 0.357. The Bertz CT molecular complexity index is 579. The van der Waals surface area contributed by atoms with E-state index < -0.39 is 0 Å². The van der Waals surface area contributed by atoms with Gasteiger partial charge in [-0.15, -0.1) is 11.3 Å². The van der Waals surface area contributed by atoms with Gasteiger partial charge in [0.1, 0.15) is 0 Å². The van der Waals surface area contributed by atoms with E-state index in [2.05, 4.69) is 5.32 Å². The van der Waals surface area contributed by atoms with Crippen molar-refractivity contribution in [1.82, 2.24) is 10.2 Å². The Morgan fingerprint density at radius 3 is 2.81 bits per heavy atom. The van der Waals surface area contributed by atoms with Gasteiger partial charge in [-0.05, 0) is 29.3 Å². The summed E-state index contributed by atoms with van der Waals surface area (Å²) in [4.78, 5) is 38.0. The van der Waals surface area contributed by atoms with E-state index in [1.165, 1.54) is 16.2 Å². The Morgan fingerprint density at radius 1 is 1.43 bits per heavy atom. The minimum Gasteiger partial charge on any atom is -0.354 e. The molecule has 5 nitrogen and oxygen atoms in total. The molecule has 0 radical (unpaired) electrons. The fourth-order valence-electron chi connectivity index (χ4n) is 1.69. The van der Waals surface area contributed by atoms with Gasteiger partial charge in [-0.2, -0.15) is 0 Å². The topological polar surface area (TPSA) is 66.5 Å². The molecule has 1 aromatic rings. The number of nitrogens with zero attached hydrogens (tertiary/aromatic N) is 1. The summed E-state index contributed by atoms with van der Waals surface area (Å²) in [6, 6.07) is 3.78. The van der Waals surface area contributed by atoms with Gasteiger partial charge in [0.15, 0.2) is 0 Å². The molecule has 1 fully saturated rings. The first kappa shape index (κ1) is 15.8. The Kier molecular flexibility index (Phi) is 5.19. The molecular weight excluding hydrogens is 308 g/mol. The van der Waals surface area contributed by atoms with Crippen LogP contribution >= 0.6 is 23.1 Å². The SMILES string of the molecule is CC(C)C(=O)NCCN1C(=O)SC(=Cc2cccs2)C1=O. The highest BCUT2D eigenvalue weighted by molar-refractivity contribution is 8.18. The van der Waals surface area contributed by atoms with Crippen molar-refractivity contribution in [1.29, 1.82) is 0 Å². The molecule has 112 valence electrons. The number of thioether (sulfide) groups is 1. The lowest BCUT2D eigenvalue weighted by Crippen LogP contribution is -2.38. The molecule has 1 aromatic heterocycles. The van der Waals surface area contributed by atoms with E-state index in [9.17, 15) is 14.4 Å². The lowest BCUT2D eigenvalue weighted by molar-refractivity contribution is -0.125. The van der Waals surface area contributed by atoms with Gasteiger partial charge >= 0.3 is 0 Å². The molecule has 7 heteroatoms. The lowest BCUT2D eigenvalue weighted by atomic mass is 10.2. The summed E-state index contributed by atoms with van der Waals surface area (Å²) in [5.41, 5.74) is 0. The van der Waals surface area contributed by atoms with Crippen LogP contribution in [0.1, 0.15) is 18.7 Å². The van der Waals surface area contributed by atoms with Crippen LogP contribution in [0, 0.1) is 5.92 Å². The van der Waals surface area contributed by atoms with Crippen molar-refractivity contribution in [3.8, 4) is 0 Å². The van der Waals surface area contributed by atoms with Gasteiger partial charge in [-0.3, -0.25) is 19.3 Å². The molecular formula is C14H16N2O3S2. The van der Waals surface area contributed by atoms with E-state index >= 15 is 0 Å². The second kappa shape index (κ2) is 6.91. The Morgan fingerprint density at radius 2 is 2.19 bits per heavy atom. The van der Waals surface area contributed by atoms with Crippen LogP contribution in [-0.2, 0) is 9.59 Å². The van der Waals surface area contributed by atoms with E-state index in [1.54, 1.807) is 19.9 Å². The van der Waals surface area contributed by atoms with E-state index in [0.717, 1.165) is 16.6 Å². The van der Waals surface area contributed by atoms with Crippen molar-refractivity contribution >= 4 is 46.2 Å². The molecule has 0 bridgehead atoms. The molecule has 1 N–H and O–H groups in total. The molecule has 0 atom stereocenters. The number of nitrogens with one attached hydrogen (secondary N) is 1. The van der Waals surface area contributed by atoms with Crippen LogP contribution in [0.2, 0.25) is 0 Å². The van der Waals surface area contributed by atoms with Crippen LogP contribution in [0.5, 0.6) is 0 Å². The van der Waals surface area contributed by atoms with Gasteiger partial charge in [-0.25, -0.2) is 0 Å². The van der Waals surface area contributed by atoms with Gasteiger partial charge in [0, 0.05) is 23.9 Å². The monoisotopic (exact) mass is 324 g/mol. The number of carbonyl (C=O) groups is 3. The third kappa shape index (κ3) is 3.95. The highest BCUT2D eigenvalue weighted by Crippen LogP contribution is 2.32. The Balaban J connectivity index is 1.94. The lowest BCUT2D eigenvalue weighted by Gasteiger charge is -2.13. The largest absolute Gasteiger partial charge is 0.354 e. The number of amides is 3. The molecule has 1 saturated heterocycles. The summed E-state index contributed by atoms with van der Waals surface area (Å²) in [7, 11) is 0. The molecule has 1 aliphatic heterocycles. The van der Waals surface area contributed by atoms with Crippen molar-refractivity contribution in [2.24, 2.45) is 5.92 Å². The van der Waals surface area contributed by atoms with Crippen LogP contribution in [0.25, 0.3) is 6.08 Å². The summed E-state index contributed by atoms with van der Waals surface area (Å²) in [6.45, 7) is 4.06. The molecule has 1 aliphatic rings. The first-order valence-electron chi connectivity index (χ1n) is 6.55. The maximum atomic E-state index is 12.2. The summed E-state index contributed by atoms with van der Waals surface area (Å²) < 4.78 is 0. The summed E-state index contributed by atoms with van der Waals surface area (Å²) in [5.74, 6) is -0.494. The normalized spacial score (nSPS) is 17.1. The predicted molar refractivity (Wildman–Crippen MR) is 84.8 cm³/mol. The molecule has 0 unspecified atom stereocenters. The smallest absolute Gasteiger partial charge is 0.293 e. The summed E-state index contributed by atoms with van der Waals surface area (Å²) in [6.07, 6.45) is 1.72. The first-order chi connectivity index (χ1) is 9.99. The predicted octanol–water partition coefficient (Wildman–Crippen LogP) is 2.56. The van der Waals surface area contributed by atoms with Gasteiger partial charge in [0.05, 0.1) is 4.91 Å². The van der Waals surface area contributed by atoms with Gasteiger partial charge in [0.25, 0.3) is 11.1 Å². The zero-order valence-electron chi connectivity index (χ0n) is 11.8. The number of rotatable bonds is 5. The van der Waals surface area contributed by atoms with E-state index in [4.69, 9.17) is 0 Å². The molecule has 2 heterocycles. The minimum absolute atomic E-state index is 0.0869.